The molecule has 1 atom stereocenters. The summed E-state index contributed by atoms with van der Waals surface area (Å²) in [6, 6.07) is 5.35. The number of ether oxygens (including phenoxy) is 2. The summed E-state index contributed by atoms with van der Waals surface area (Å²) in [5.74, 6) is 0.530. The van der Waals surface area contributed by atoms with E-state index >= 15 is 0 Å². The van der Waals surface area contributed by atoms with E-state index in [2.05, 4.69) is 0 Å². The van der Waals surface area contributed by atoms with Crippen LogP contribution >= 0.6 is 0 Å². The normalized spacial score (nSPS) is 13.3. The first-order chi connectivity index (χ1) is 9.33. The van der Waals surface area contributed by atoms with E-state index in [1.54, 1.807) is 12.1 Å². The first kappa shape index (κ1) is 16.8. The number of aryl methyl sites for hydroxylation is 1. The molecular weight excluding hydrogens is 273 g/mol. The van der Waals surface area contributed by atoms with Gasteiger partial charge in [-0.2, -0.15) is 13.2 Å². The summed E-state index contributed by atoms with van der Waals surface area (Å²) in [6.07, 6.45) is -6.07. The lowest BCUT2D eigenvalue weighted by Gasteiger charge is -2.16. The van der Waals surface area contributed by atoms with E-state index in [9.17, 15) is 18.3 Å². The van der Waals surface area contributed by atoms with Crippen molar-refractivity contribution in [1.29, 1.82) is 0 Å². The number of benzene rings is 1. The zero-order valence-corrected chi connectivity index (χ0v) is 11.5. The van der Waals surface area contributed by atoms with Gasteiger partial charge in [-0.15, -0.1) is 0 Å². The van der Waals surface area contributed by atoms with Crippen molar-refractivity contribution in [3.63, 3.8) is 0 Å². The van der Waals surface area contributed by atoms with Crippen molar-refractivity contribution in [1.82, 2.24) is 0 Å². The lowest BCUT2D eigenvalue weighted by atomic mass is 10.1. The quantitative estimate of drug-likeness (QED) is 0.783. The Kier molecular flexibility index (Phi) is 6.29. The van der Waals surface area contributed by atoms with Crippen LogP contribution in [0.2, 0.25) is 0 Å². The van der Waals surface area contributed by atoms with Crippen molar-refractivity contribution < 1.29 is 27.8 Å². The van der Waals surface area contributed by atoms with Crippen molar-refractivity contribution in [2.75, 3.05) is 20.3 Å². The predicted octanol–water partition coefficient (Wildman–Crippen LogP) is 3.40. The van der Waals surface area contributed by atoms with Crippen LogP contribution in [0.5, 0.6) is 5.75 Å². The van der Waals surface area contributed by atoms with Gasteiger partial charge in [0.05, 0.1) is 13.7 Å². The fraction of sp³-hybridized carbons (Fsp3) is 0.571. The molecule has 20 heavy (non-hydrogen) atoms. The lowest BCUT2D eigenvalue weighted by Crippen LogP contribution is -2.12. The van der Waals surface area contributed by atoms with Crippen molar-refractivity contribution in [2.24, 2.45) is 0 Å². The van der Waals surface area contributed by atoms with Gasteiger partial charge in [-0.05, 0) is 25.5 Å². The van der Waals surface area contributed by atoms with Crippen LogP contribution in [0.15, 0.2) is 18.2 Å². The number of hydrogen-bond donors (Lipinski definition) is 1. The van der Waals surface area contributed by atoms with Crippen molar-refractivity contribution >= 4 is 0 Å². The zero-order valence-electron chi connectivity index (χ0n) is 11.5. The number of methoxy groups -OCH3 is 1. The van der Waals surface area contributed by atoms with Crippen LogP contribution in [0, 0.1) is 6.92 Å². The molecule has 1 unspecified atom stereocenters. The van der Waals surface area contributed by atoms with Gasteiger partial charge in [-0.1, -0.05) is 11.6 Å². The molecule has 0 heterocycles. The van der Waals surface area contributed by atoms with Gasteiger partial charge in [0, 0.05) is 18.6 Å². The molecule has 0 aliphatic carbocycles. The molecular formula is C14H19F3O3. The Morgan fingerprint density at radius 3 is 2.60 bits per heavy atom. The van der Waals surface area contributed by atoms with Gasteiger partial charge in [0.2, 0.25) is 0 Å². The second-order valence-corrected chi connectivity index (χ2v) is 4.55. The third kappa shape index (κ3) is 5.79. The highest BCUT2D eigenvalue weighted by atomic mass is 19.4. The summed E-state index contributed by atoms with van der Waals surface area (Å²) in [6.45, 7) is 1.78. The van der Waals surface area contributed by atoms with Crippen LogP contribution in [0.1, 0.15) is 30.1 Å². The third-order valence-electron chi connectivity index (χ3n) is 2.77. The first-order valence-corrected chi connectivity index (χ1v) is 6.30. The minimum Gasteiger partial charge on any atom is -0.496 e. The maximum Gasteiger partial charge on any atom is 0.389 e. The number of rotatable bonds is 7. The predicted molar refractivity (Wildman–Crippen MR) is 68.8 cm³/mol. The maximum atomic E-state index is 11.9. The third-order valence-corrected chi connectivity index (χ3v) is 2.77. The summed E-state index contributed by atoms with van der Waals surface area (Å²) >= 11 is 0. The SMILES string of the molecule is COc1ccc(C)cc1C(O)COCCCC(F)(F)F. The van der Waals surface area contributed by atoms with E-state index in [0.29, 0.717) is 11.3 Å². The molecule has 114 valence electrons. The van der Waals surface area contributed by atoms with Gasteiger partial charge in [-0.3, -0.25) is 0 Å². The van der Waals surface area contributed by atoms with E-state index in [-0.39, 0.29) is 19.6 Å². The summed E-state index contributed by atoms with van der Waals surface area (Å²) in [7, 11) is 1.49. The Morgan fingerprint density at radius 2 is 2.00 bits per heavy atom. The Bertz CT molecular complexity index is 419. The average Bonchev–Trinajstić information content (AvgIpc) is 2.36. The molecule has 0 aliphatic heterocycles. The van der Waals surface area contributed by atoms with Crippen LogP contribution < -0.4 is 4.74 Å². The van der Waals surface area contributed by atoms with Gasteiger partial charge < -0.3 is 14.6 Å². The fourth-order valence-corrected chi connectivity index (χ4v) is 1.77. The van der Waals surface area contributed by atoms with Crippen LogP contribution in [0.25, 0.3) is 0 Å². The number of aliphatic hydroxyl groups excluding tert-OH is 1. The van der Waals surface area contributed by atoms with Gasteiger partial charge in [0.25, 0.3) is 0 Å². The zero-order chi connectivity index (χ0) is 15.2. The molecule has 3 nitrogen and oxygen atoms in total. The fourth-order valence-electron chi connectivity index (χ4n) is 1.77. The molecule has 0 aliphatic rings. The van der Waals surface area contributed by atoms with E-state index in [4.69, 9.17) is 9.47 Å². The average molecular weight is 292 g/mol. The smallest absolute Gasteiger partial charge is 0.389 e. The van der Waals surface area contributed by atoms with E-state index in [1.807, 2.05) is 13.0 Å². The molecule has 1 N–H and O–H groups in total. The van der Waals surface area contributed by atoms with Crippen LogP contribution in [0.4, 0.5) is 13.2 Å². The molecule has 1 rings (SSSR count). The Morgan fingerprint density at radius 1 is 1.30 bits per heavy atom. The number of halogens is 3. The highest BCUT2D eigenvalue weighted by molar-refractivity contribution is 5.38. The molecule has 0 radical (unpaired) electrons. The number of hydrogen-bond acceptors (Lipinski definition) is 3. The summed E-state index contributed by atoms with van der Waals surface area (Å²) in [4.78, 5) is 0. The Labute approximate surface area is 116 Å². The second-order valence-electron chi connectivity index (χ2n) is 4.55. The molecule has 0 fully saturated rings. The van der Waals surface area contributed by atoms with Crippen molar-refractivity contribution in [3.05, 3.63) is 29.3 Å². The monoisotopic (exact) mass is 292 g/mol. The summed E-state index contributed by atoms with van der Waals surface area (Å²) in [5, 5.41) is 9.99. The van der Waals surface area contributed by atoms with E-state index in [0.717, 1.165) is 5.56 Å². The molecule has 6 heteroatoms. The van der Waals surface area contributed by atoms with Crippen molar-refractivity contribution in [2.45, 2.75) is 32.0 Å². The molecule has 0 saturated heterocycles. The molecule has 0 saturated carbocycles. The molecule has 1 aromatic rings. The topological polar surface area (TPSA) is 38.7 Å². The highest BCUT2D eigenvalue weighted by Crippen LogP contribution is 2.26. The molecule has 0 aromatic heterocycles. The molecule has 1 aromatic carbocycles. The number of aliphatic hydroxyl groups is 1. The maximum absolute atomic E-state index is 11.9. The second kappa shape index (κ2) is 7.50. The molecule has 0 bridgehead atoms. The van der Waals surface area contributed by atoms with E-state index < -0.39 is 18.7 Å². The van der Waals surface area contributed by atoms with Gasteiger partial charge in [0.1, 0.15) is 11.9 Å². The standard InChI is InChI=1S/C14H19F3O3/c1-10-4-5-13(19-2)11(8-10)12(18)9-20-7-3-6-14(15,16)17/h4-5,8,12,18H,3,6-7,9H2,1-2H3. The van der Waals surface area contributed by atoms with Gasteiger partial charge in [0.15, 0.2) is 0 Å². The Hall–Kier alpha value is -1.27. The largest absolute Gasteiger partial charge is 0.496 e. The van der Waals surface area contributed by atoms with Crippen molar-refractivity contribution in [3.8, 4) is 5.75 Å². The molecule has 0 amide bonds. The van der Waals surface area contributed by atoms with E-state index in [1.165, 1.54) is 7.11 Å². The van der Waals surface area contributed by atoms with Gasteiger partial charge >= 0.3 is 6.18 Å². The summed E-state index contributed by atoms with van der Waals surface area (Å²) in [5.41, 5.74) is 1.53. The minimum atomic E-state index is -4.16. The number of alkyl halides is 3. The van der Waals surface area contributed by atoms with Crippen LogP contribution in [0.3, 0.4) is 0 Å². The van der Waals surface area contributed by atoms with Gasteiger partial charge in [-0.25, -0.2) is 0 Å². The highest BCUT2D eigenvalue weighted by Gasteiger charge is 2.26. The minimum absolute atomic E-state index is 0.0370. The summed E-state index contributed by atoms with van der Waals surface area (Å²) < 4.78 is 46.0. The van der Waals surface area contributed by atoms with Crippen LogP contribution in [-0.2, 0) is 4.74 Å². The lowest BCUT2D eigenvalue weighted by molar-refractivity contribution is -0.138. The van der Waals surface area contributed by atoms with Crippen LogP contribution in [-0.4, -0.2) is 31.6 Å². The molecule has 0 spiro atoms. The first-order valence-electron chi connectivity index (χ1n) is 6.30. The Balaban J connectivity index is 2.43.